The van der Waals surface area contributed by atoms with Crippen molar-refractivity contribution in [2.24, 2.45) is 0 Å². The number of aryl methyl sites for hydroxylation is 1. The number of nitrogens with one attached hydrogen (secondary N) is 2. The van der Waals surface area contributed by atoms with Crippen molar-refractivity contribution in [3.05, 3.63) is 99.3 Å². The lowest BCUT2D eigenvalue weighted by Gasteiger charge is -2.11. The monoisotopic (exact) mass is 490 g/mol. The van der Waals surface area contributed by atoms with E-state index in [2.05, 4.69) is 26.0 Å². The second kappa shape index (κ2) is 9.51. The zero-order valence-corrected chi connectivity index (χ0v) is 18.6. The zero-order chi connectivity index (χ0) is 21.7. The first-order valence-electron chi connectivity index (χ1n) is 9.12. The largest absolute Gasteiger partial charge is 0.348 e. The number of benzene rings is 3. The Morgan fingerprint density at radius 3 is 2.37 bits per heavy atom. The minimum atomic E-state index is -3.79. The van der Waals surface area contributed by atoms with Gasteiger partial charge < -0.3 is 5.32 Å². The second-order valence-corrected chi connectivity index (χ2v) is 9.43. The van der Waals surface area contributed by atoms with Crippen LogP contribution >= 0.6 is 15.9 Å². The van der Waals surface area contributed by atoms with E-state index in [1.807, 2.05) is 13.0 Å². The maximum Gasteiger partial charge on any atom is 0.251 e. The van der Waals surface area contributed by atoms with Gasteiger partial charge in [-0.3, -0.25) is 4.79 Å². The van der Waals surface area contributed by atoms with Crippen molar-refractivity contribution in [2.75, 3.05) is 0 Å². The molecule has 156 valence electrons. The first kappa shape index (κ1) is 22.1. The number of rotatable bonds is 7. The fourth-order valence-electron chi connectivity index (χ4n) is 2.89. The molecule has 1 amide bonds. The Morgan fingerprint density at radius 1 is 0.967 bits per heavy atom. The van der Waals surface area contributed by atoms with Gasteiger partial charge >= 0.3 is 0 Å². The third-order valence-electron chi connectivity index (χ3n) is 4.45. The van der Waals surface area contributed by atoms with Gasteiger partial charge in [0.05, 0.1) is 4.90 Å². The number of amides is 1. The number of hydrogen-bond acceptors (Lipinski definition) is 3. The second-order valence-electron chi connectivity index (χ2n) is 6.74. The van der Waals surface area contributed by atoms with Gasteiger partial charge in [-0.25, -0.2) is 17.5 Å². The molecule has 0 aliphatic carbocycles. The highest BCUT2D eigenvalue weighted by molar-refractivity contribution is 9.10. The summed E-state index contributed by atoms with van der Waals surface area (Å²) in [4.78, 5) is 12.5. The molecular weight excluding hydrogens is 471 g/mol. The van der Waals surface area contributed by atoms with E-state index in [9.17, 15) is 17.6 Å². The molecule has 0 bridgehead atoms. The molecule has 0 aliphatic rings. The van der Waals surface area contributed by atoms with E-state index in [1.165, 1.54) is 30.3 Å². The highest BCUT2D eigenvalue weighted by Crippen LogP contribution is 2.17. The molecule has 3 aromatic carbocycles. The Balaban J connectivity index is 1.66. The maximum absolute atomic E-state index is 13.3. The van der Waals surface area contributed by atoms with E-state index < -0.39 is 15.8 Å². The van der Waals surface area contributed by atoms with E-state index in [-0.39, 0.29) is 23.9 Å². The molecule has 5 nitrogen and oxygen atoms in total. The average Bonchev–Trinajstić information content (AvgIpc) is 2.71. The first-order chi connectivity index (χ1) is 14.2. The molecule has 0 radical (unpaired) electrons. The van der Waals surface area contributed by atoms with E-state index in [4.69, 9.17) is 0 Å². The van der Waals surface area contributed by atoms with Crippen LogP contribution in [0.1, 0.15) is 27.0 Å². The summed E-state index contributed by atoms with van der Waals surface area (Å²) >= 11 is 3.37. The number of carbonyl (C=O) groups excluding carboxylic acids is 1. The van der Waals surface area contributed by atoms with Crippen LogP contribution in [0, 0.1) is 12.7 Å². The number of sulfonamides is 1. The summed E-state index contributed by atoms with van der Waals surface area (Å²) in [5.74, 6) is -0.664. The van der Waals surface area contributed by atoms with Gasteiger partial charge in [-0.05, 0) is 66.1 Å². The molecule has 0 saturated carbocycles. The molecule has 0 spiro atoms. The van der Waals surface area contributed by atoms with Crippen LogP contribution in [0.4, 0.5) is 4.39 Å². The third-order valence-corrected chi connectivity index (χ3v) is 6.34. The maximum atomic E-state index is 13.3. The molecule has 0 atom stereocenters. The van der Waals surface area contributed by atoms with Crippen LogP contribution in [0.25, 0.3) is 0 Å². The van der Waals surface area contributed by atoms with Gasteiger partial charge in [0.25, 0.3) is 5.91 Å². The van der Waals surface area contributed by atoms with Crippen LogP contribution in [0.5, 0.6) is 0 Å². The highest BCUT2D eigenvalue weighted by atomic mass is 79.9. The lowest BCUT2D eigenvalue weighted by Crippen LogP contribution is -2.25. The van der Waals surface area contributed by atoms with Crippen molar-refractivity contribution in [2.45, 2.75) is 24.9 Å². The van der Waals surface area contributed by atoms with Crippen LogP contribution in [0.2, 0.25) is 0 Å². The van der Waals surface area contributed by atoms with Crippen molar-refractivity contribution in [1.29, 1.82) is 0 Å². The molecule has 0 fully saturated rings. The fourth-order valence-corrected chi connectivity index (χ4v) is 4.45. The van der Waals surface area contributed by atoms with Gasteiger partial charge in [-0.2, -0.15) is 0 Å². The standard InChI is InChI=1S/C22H20BrFN2O3S/c1-15-10-18(23)8-9-21(15)22(27)25-13-17-5-3-7-20(12-17)30(28,29)26-14-16-4-2-6-19(24)11-16/h2-12,26H,13-14H2,1H3,(H,25,27). The van der Waals surface area contributed by atoms with Crippen molar-refractivity contribution in [1.82, 2.24) is 10.0 Å². The van der Waals surface area contributed by atoms with Crippen molar-refractivity contribution in [3.63, 3.8) is 0 Å². The predicted molar refractivity (Wildman–Crippen MR) is 117 cm³/mol. The summed E-state index contributed by atoms with van der Waals surface area (Å²) < 4.78 is 41.8. The molecule has 0 unspecified atom stereocenters. The Bertz CT molecular complexity index is 1180. The van der Waals surface area contributed by atoms with Crippen LogP contribution < -0.4 is 10.0 Å². The Kier molecular flexibility index (Phi) is 7.02. The topological polar surface area (TPSA) is 75.3 Å². The Labute approximate surface area is 183 Å². The lowest BCUT2D eigenvalue weighted by molar-refractivity contribution is 0.0950. The molecule has 2 N–H and O–H groups in total. The van der Waals surface area contributed by atoms with Gasteiger partial charge in [0.1, 0.15) is 5.82 Å². The van der Waals surface area contributed by atoms with Gasteiger partial charge in [-0.15, -0.1) is 0 Å². The SMILES string of the molecule is Cc1cc(Br)ccc1C(=O)NCc1cccc(S(=O)(=O)NCc2cccc(F)c2)c1. The smallest absolute Gasteiger partial charge is 0.251 e. The van der Waals surface area contributed by atoms with E-state index >= 15 is 0 Å². The van der Waals surface area contributed by atoms with Crippen molar-refractivity contribution in [3.8, 4) is 0 Å². The molecule has 3 rings (SSSR count). The van der Waals surface area contributed by atoms with Gasteiger partial charge in [0.15, 0.2) is 0 Å². The summed E-state index contributed by atoms with van der Waals surface area (Å²) in [6.07, 6.45) is 0. The molecular formula is C22H20BrFN2O3S. The van der Waals surface area contributed by atoms with Crippen LogP contribution in [-0.4, -0.2) is 14.3 Å². The minimum absolute atomic E-state index is 0.0239. The molecule has 30 heavy (non-hydrogen) atoms. The lowest BCUT2D eigenvalue weighted by atomic mass is 10.1. The number of hydrogen-bond donors (Lipinski definition) is 2. The highest BCUT2D eigenvalue weighted by Gasteiger charge is 2.15. The van der Waals surface area contributed by atoms with E-state index in [1.54, 1.807) is 30.3 Å². The summed E-state index contributed by atoms with van der Waals surface area (Å²) in [5.41, 5.74) is 2.55. The minimum Gasteiger partial charge on any atom is -0.348 e. The van der Waals surface area contributed by atoms with Crippen LogP contribution in [0.3, 0.4) is 0 Å². The zero-order valence-electron chi connectivity index (χ0n) is 16.2. The molecule has 0 aliphatic heterocycles. The Hall–Kier alpha value is -2.55. The van der Waals surface area contributed by atoms with Crippen LogP contribution in [-0.2, 0) is 23.1 Å². The van der Waals surface area contributed by atoms with Gasteiger partial charge in [0, 0.05) is 23.1 Å². The molecule has 0 heterocycles. The average molecular weight is 491 g/mol. The summed E-state index contributed by atoms with van der Waals surface area (Å²) in [6, 6.07) is 17.4. The number of halogens is 2. The normalized spacial score (nSPS) is 11.3. The molecule has 3 aromatic rings. The first-order valence-corrected chi connectivity index (χ1v) is 11.4. The molecule has 0 saturated heterocycles. The van der Waals surface area contributed by atoms with Crippen molar-refractivity contribution < 1.29 is 17.6 Å². The summed E-state index contributed by atoms with van der Waals surface area (Å²) in [7, 11) is -3.79. The third kappa shape index (κ3) is 5.75. The molecule has 0 aromatic heterocycles. The van der Waals surface area contributed by atoms with E-state index in [0.29, 0.717) is 16.7 Å². The number of carbonyl (C=O) groups is 1. The van der Waals surface area contributed by atoms with Crippen molar-refractivity contribution >= 4 is 31.9 Å². The fraction of sp³-hybridized carbons (Fsp3) is 0.136. The van der Waals surface area contributed by atoms with Gasteiger partial charge in [0.2, 0.25) is 10.0 Å². The molecule has 8 heteroatoms. The van der Waals surface area contributed by atoms with E-state index in [0.717, 1.165) is 10.0 Å². The quantitative estimate of drug-likeness (QED) is 0.518. The van der Waals surface area contributed by atoms with Crippen LogP contribution in [0.15, 0.2) is 76.1 Å². The van der Waals surface area contributed by atoms with Gasteiger partial charge in [-0.1, -0.05) is 40.2 Å². The summed E-state index contributed by atoms with van der Waals surface area (Å²) in [6.45, 7) is 2.00. The summed E-state index contributed by atoms with van der Waals surface area (Å²) in [5, 5.41) is 2.81. The Morgan fingerprint density at radius 2 is 1.67 bits per heavy atom. The predicted octanol–water partition coefficient (Wildman–Crippen LogP) is 4.31.